The zero-order chi connectivity index (χ0) is 17.6. The third kappa shape index (κ3) is 6.46. The summed E-state index contributed by atoms with van der Waals surface area (Å²) in [5.74, 6) is -0.0973. The highest BCUT2D eigenvalue weighted by Crippen LogP contribution is 2.20. The highest BCUT2D eigenvalue weighted by atomic mass is 16.6. The fourth-order valence-electron chi connectivity index (χ4n) is 1.78. The number of nitrogens with two attached hydrogens (primary N) is 1. The van der Waals surface area contributed by atoms with Crippen LogP contribution < -0.4 is 16.4 Å². The minimum atomic E-state index is -0.525. The van der Waals surface area contributed by atoms with Crippen LogP contribution in [0.15, 0.2) is 18.2 Å². The molecule has 0 aromatic heterocycles. The summed E-state index contributed by atoms with van der Waals surface area (Å²) in [5, 5.41) is 5.74. The fraction of sp³-hybridized carbons (Fsp3) is 0.500. The Morgan fingerprint density at radius 3 is 2.43 bits per heavy atom. The Labute approximate surface area is 137 Å². The molecule has 0 radical (unpaired) electrons. The number of nitrogens with one attached hydrogen (secondary N) is 2. The number of alkyl carbamates (subject to hydrolysis) is 1. The predicted octanol–water partition coefficient (Wildman–Crippen LogP) is 1.91. The molecule has 128 valence electrons. The van der Waals surface area contributed by atoms with Crippen molar-refractivity contribution in [2.75, 3.05) is 38.2 Å². The van der Waals surface area contributed by atoms with E-state index in [2.05, 4.69) is 10.6 Å². The lowest BCUT2D eigenvalue weighted by molar-refractivity contribution is 0.0530. The van der Waals surface area contributed by atoms with Crippen LogP contribution in [0.4, 0.5) is 16.2 Å². The minimum absolute atomic E-state index is 0.0973. The van der Waals surface area contributed by atoms with Gasteiger partial charge < -0.3 is 26.0 Å². The smallest absolute Gasteiger partial charge is 0.407 e. The molecule has 1 rings (SSSR count). The molecule has 0 fully saturated rings. The van der Waals surface area contributed by atoms with E-state index >= 15 is 0 Å². The van der Waals surface area contributed by atoms with Gasteiger partial charge in [0.25, 0.3) is 5.91 Å². The maximum atomic E-state index is 11.9. The van der Waals surface area contributed by atoms with Crippen molar-refractivity contribution < 1.29 is 14.3 Å². The molecule has 0 atom stereocenters. The summed E-state index contributed by atoms with van der Waals surface area (Å²) in [6.45, 7) is 6.25. The number of ether oxygens (including phenoxy) is 1. The van der Waals surface area contributed by atoms with Gasteiger partial charge in [0.1, 0.15) is 5.60 Å². The molecule has 0 spiro atoms. The first kappa shape index (κ1) is 18.6. The van der Waals surface area contributed by atoms with Crippen molar-refractivity contribution in [2.45, 2.75) is 26.4 Å². The molecule has 0 saturated heterocycles. The van der Waals surface area contributed by atoms with E-state index in [1.807, 2.05) is 0 Å². The summed E-state index contributed by atoms with van der Waals surface area (Å²) in [4.78, 5) is 25.0. The molecule has 0 aliphatic rings. The minimum Gasteiger partial charge on any atom is -0.444 e. The van der Waals surface area contributed by atoms with Gasteiger partial charge in [0.2, 0.25) is 0 Å². The van der Waals surface area contributed by atoms with Crippen LogP contribution in [0.25, 0.3) is 0 Å². The number of anilines is 2. The molecule has 4 N–H and O–H groups in total. The van der Waals surface area contributed by atoms with Crippen LogP contribution in [0.5, 0.6) is 0 Å². The van der Waals surface area contributed by atoms with Crippen molar-refractivity contribution in [3.63, 3.8) is 0 Å². The molecule has 1 aromatic rings. The van der Waals surface area contributed by atoms with Gasteiger partial charge in [0, 0.05) is 32.7 Å². The van der Waals surface area contributed by atoms with Crippen molar-refractivity contribution >= 4 is 23.4 Å². The van der Waals surface area contributed by atoms with Crippen molar-refractivity contribution in [3.8, 4) is 0 Å². The van der Waals surface area contributed by atoms with Crippen LogP contribution in [0.2, 0.25) is 0 Å². The first-order valence-electron chi connectivity index (χ1n) is 7.42. The van der Waals surface area contributed by atoms with Crippen LogP contribution in [0.3, 0.4) is 0 Å². The number of hydrogen-bond acceptors (Lipinski definition) is 5. The molecule has 23 heavy (non-hydrogen) atoms. The number of amides is 2. The third-order valence-electron chi connectivity index (χ3n) is 2.82. The van der Waals surface area contributed by atoms with Gasteiger partial charge in [-0.2, -0.15) is 0 Å². The number of carbonyl (C=O) groups excluding carboxylic acids is 2. The number of nitrogens with zero attached hydrogens (tertiary/aromatic N) is 1. The van der Waals surface area contributed by atoms with E-state index < -0.39 is 11.7 Å². The molecule has 0 aliphatic heterocycles. The fourth-order valence-corrected chi connectivity index (χ4v) is 1.78. The van der Waals surface area contributed by atoms with Crippen LogP contribution in [-0.2, 0) is 4.74 Å². The van der Waals surface area contributed by atoms with Gasteiger partial charge in [-0.05, 0) is 39.0 Å². The van der Waals surface area contributed by atoms with E-state index in [4.69, 9.17) is 10.5 Å². The second-order valence-corrected chi connectivity index (χ2v) is 6.36. The van der Waals surface area contributed by atoms with Crippen LogP contribution in [0.1, 0.15) is 31.1 Å². The van der Waals surface area contributed by atoms with Crippen molar-refractivity contribution in [1.29, 1.82) is 0 Å². The van der Waals surface area contributed by atoms with E-state index in [-0.39, 0.29) is 5.91 Å². The maximum Gasteiger partial charge on any atom is 0.407 e. The molecule has 1 aromatic carbocycles. The number of benzene rings is 1. The van der Waals surface area contributed by atoms with Gasteiger partial charge in [0.15, 0.2) is 0 Å². The summed E-state index contributed by atoms with van der Waals surface area (Å²) >= 11 is 0. The third-order valence-corrected chi connectivity index (χ3v) is 2.82. The topological polar surface area (TPSA) is 96.7 Å². The monoisotopic (exact) mass is 322 g/mol. The van der Waals surface area contributed by atoms with Gasteiger partial charge in [0.05, 0.1) is 11.4 Å². The largest absolute Gasteiger partial charge is 0.444 e. The Bertz CT molecular complexity index is 565. The molecule has 0 aliphatic carbocycles. The normalized spacial score (nSPS) is 10.8. The molecule has 2 amide bonds. The molecule has 7 heteroatoms. The summed E-state index contributed by atoms with van der Waals surface area (Å²) in [5.41, 5.74) is 7.11. The Balaban J connectivity index is 2.53. The van der Waals surface area contributed by atoms with Gasteiger partial charge in [-0.25, -0.2) is 4.79 Å². The van der Waals surface area contributed by atoms with Crippen LogP contribution in [0, 0.1) is 0 Å². The Hall–Kier alpha value is -2.44. The van der Waals surface area contributed by atoms with Gasteiger partial charge in [-0.3, -0.25) is 4.79 Å². The average molecular weight is 322 g/mol. The van der Waals surface area contributed by atoms with Crippen molar-refractivity contribution in [2.24, 2.45) is 0 Å². The predicted molar refractivity (Wildman–Crippen MR) is 91.6 cm³/mol. The van der Waals surface area contributed by atoms with Gasteiger partial charge in [-0.1, -0.05) is 0 Å². The lowest BCUT2D eigenvalue weighted by atomic mass is 10.1. The number of hydrogen-bond donors (Lipinski definition) is 3. The van der Waals surface area contributed by atoms with E-state index in [0.29, 0.717) is 30.0 Å². The first-order chi connectivity index (χ1) is 10.6. The standard InChI is InChI=1S/C16H26N4O3/c1-16(2,3)23-15(22)19-9-8-18-13-10-11(6-7-12(13)17)14(21)20(4)5/h6-7,10,18H,8-9,17H2,1-5H3,(H,19,22). The Morgan fingerprint density at radius 1 is 1.22 bits per heavy atom. The molecular weight excluding hydrogens is 296 g/mol. The molecule has 0 saturated carbocycles. The van der Waals surface area contributed by atoms with E-state index in [0.717, 1.165) is 0 Å². The summed E-state index contributed by atoms with van der Waals surface area (Å²) in [7, 11) is 3.38. The zero-order valence-corrected chi connectivity index (χ0v) is 14.4. The maximum absolute atomic E-state index is 11.9. The lowest BCUT2D eigenvalue weighted by Crippen LogP contribution is -2.35. The molecule has 7 nitrogen and oxygen atoms in total. The zero-order valence-electron chi connectivity index (χ0n) is 14.4. The van der Waals surface area contributed by atoms with E-state index in [1.54, 1.807) is 53.1 Å². The summed E-state index contributed by atoms with van der Waals surface area (Å²) < 4.78 is 5.14. The summed E-state index contributed by atoms with van der Waals surface area (Å²) in [6.07, 6.45) is -0.469. The van der Waals surface area contributed by atoms with Crippen LogP contribution >= 0.6 is 0 Å². The van der Waals surface area contributed by atoms with Crippen LogP contribution in [-0.4, -0.2) is 49.7 Å². The highest BCUT2D eigenvalue weighted by Gasteiger charge is 2.15. The number of nitrogen functional groups attached to an aromatic ring is 1. The average Bonchev–Trinajstić information content (AvgIpc) is 2.42. The molecule has 0 bridgehead atoms. The second-order valence-electron chi connectivity index (χ2n) is 6.36. The van der Waals surface area contributed by atoms with Gasteiger partial charge >= 0.3 is 6.09 Å². The van der Waals surface area contributed by atoms with Crippen molar-refractivity contribution in [3.05, 3.63) is 23.8 Å². The molecule has 0 heterocycles. The molecular formula is C16H26N4O3. The molecule has 0 unspecified atom stereocenters. The Kier molecular flexibility index (Phi) is 6.24. The quantitative estimate of drug-likeness (QED) is 0.568. The number of carbonyl (C=O) groups is 2. The SMILES string of the molecule is CN(C)C(=O)c1ccc(N)c(NCCNC(=O)OC(C)(C)C)c1. The first-order valence-corrected chi connectivity index (χ1v) is 7.42. The second kappa shape index (κ2) is 7.71. The van der Waals surface area contributed by atoms with Crippen molar-refractivity contribution in [1.82, 2.24) is 10.2 Å². The van der Waals surface area contributed by atoms with Gasteiger partial charge in [-0.15, -0.1) is 0 Å². The Morgan fingerprint density at radius 2 is 1.87 bits per heavy atom. The summed E-state index contributed by atoms with van der Waals surface area (Å²) in [6, 6.07) is 5.06. The van der Waals surface area contributed by atoms with E-state index in [9.17, 15) is 9.59 Å². The van der Waals surface area contributed by atoms with E-state index in [1.165, 1.54) is 4.90 Å². The number of rotatable bonds is 5. The highest BCUT2D eigenvalue weighted by molar-refractivity contribution is 5.95. The lowest BCUT2D eigenvalue weighted by Gasteiger charge is -2.20.